The number of aliphatic hydroxyl groups excluding tert-OH is 1. The third-order valence-electron chi connectivity index (χ3n) is 4.05. The zero-order valence-electron chi connectivity index (χ0n) is 11.4. The lowest BCUT2D eigenvalue weighted by Gasteiger charge is -2.31. The van der Waals surface area contributed by atoms with E-state index in [1.54, 1.807) is 7.11 Å². The molecule has 0 heterocycles. The Labute approximate surface area is 108 Å². The van der Waals surface area contributed by atoms with E-state index in [0.29, 0.717) is 23.3 Å². The van der Waals surface area contributed by atoms with Crippen molar-refractivity contribution in [2.24, 2.45) is 5.92 Å². The predicted molar refractivity (Wildman–Crippen MR) is 71.3 cm³/mol. The summed E-state index contributed by atoms with van der Waals surface area (Å²) >= 11 is 0. The van der Waals surface area contributed by atoms with Gasteiger partial charge in [0, 0.05) is 12.2 Å². The molecular weight excluding hydrogens is 228 g/mol. The van der Waals surface area contributed by atoms with Crippen molar-refractivity contribution in [2.45, 2.75) is 39.0 Å². The maximum absolute atomic E-state index is 10.4. The summed E-state index contributed by atoms with van der Waals surface area (Å²) in [7, 11) is 1.59. The van der Waals surface area contributed by atoms with Crippen LogP contribution in [-0.4, -0.2) is 23.9 Å². The molecule has 0 radical (unpaired) electrons. The highest BCUT2D eigenvalue weighted by Gasteiger charge is 2.30. The second-order valence-corrected chi connectivity index (χ2v) is 5.24. The Kier molecular flexibility index (Phi) is 3.81. The molecule has 2 rings (SSSR count). The number of phenolic OH excluding ortho intramolecular Hbond substituents is 1. The molecule has 0 amide bonds. The number of aliphatic hydroxyl groups is 1. The molecule has 1 aromatic rings. The lowest BCUT2D eigenvalue weighted by Crippen LogP contribution is -2.21. The maximum Gasteiger partial charge on any atom is 0.163 e. The normalized spacial score (nSPS) is 22.7. The van der Waals surface area contributed by atoms with Crippen molar-refractivity contribution in [3.05, 3.63) is 22.8 Å². The highest BCUT2D eigenvalue weighted by molar-refractivity contribution is 5.56. The third kappa shape index (κ3) is 2.07. The average molecular weight is 250 g/mol. The van der Waals surface area contributed by atoms with Gasteiger partial charge in [-0.2, -0.15) is 0 Å². The van der Waals surface area contributed by atoms with E-state index in [9.17, 15) is 10.2 Å². The van der Waals surface area contributed by atoms with Gasteiger partial charge in [-0.05, 0) is 49.1 Å². The quantitative estimate of drug-likeness (QED) is 0.867. The maximum atomic E-state index is 10.4. The molecule has 3 nitrogen and oxygen atoms in total. The van der Waals surface area contributed by atoms with Crippen LogP contribution in [0.1, 0.15) is 42.4 Å². The number of rotatable bonds is 3. The Morgan fingerprint density at radius 1 is 1.44 bits per heavy atom. The summed E-state index contributed by atoms with van der Waals surface area (Å²) < 4.78 is 5.29. The van der Waals surface area contributed by atoms with Crippen LogP contribution in [0.25, 0.3) is 0 Å². The fraction of sp³-hybridized carbons (Fsp3) is 0.600. The number of aryl methyl sites for hydroxylation is 1. The highest BCUT2D eigenvalue weighted by atomic mass is 16.5. The van der Waals surface area contributed by atoms with Gasteiger partial charge in [0.25, 0.3) is 0 Å². The minimum absolute atomic E-state index is 0.224. The summed E-state index contributed by atoms with van der Waals surface area (Å²) in [5.74, 6) is 1.53. The monoisotopic (exact) mass is 250 g/mol. The van der Waals surface area contributed by atoms with E-state index in [4.69, 9.17) is 4.74 Å². The lowest BCUT2D eigenvalue weighted by molar-refractivity contribution is 0.201. The van der Waals surface area contributed by atoms with Gasteiger partial charge in [0.2, 0.25) is 0 Å². The zero-order valence-corrected chi connectivity index (χ0v) is 11.4. The first kappa shape index (κ1) is 13.2. The SMILES string of the molecule is CC[C@@H]1C[C@H](CO)Cc2cc(C)c(OC)c(O)c21. The Balaban J connectivity index is 2.54. The van der Waals surface area contributed by atoms with Gasteiger partial charge in [-0.1, -0.05) is 13.0 Å². The second kappa shape index (κ2) is 5.19. The van der Waals surface area contributed by atoms with E-state index >= 15 is 0 Å². The van der Waals surface area contributed by atoms with Gasteiger partial charge < -0.3 is 14.9 Å². The van der Waals surface area contributed by atoms with E-state index in [-0.39, 0.29) is 6.61 Å². The van der Waals surface area contributed by atoms with Crippen LogP contribution in [0.3, 0.4) is 0 Å². The fourth-order valence-corrected chi connectivity index (χ4v) is 3.17. The molecule has 0 saturated heterocycles. The first-order chi connectivity index (χ1) is 8.62. The van der Waals surface area contributed by atoms with Crippen LogP contribution in [0.5, 0.6) is 11.5 Å². The third-order valence-corrected chi connectivity index (χ3v) is 4.05. The van der Waals surface area contributed by atoms with Crippen LogP contribution in [0.15, 0.2) is 6.07 Å². The van der Waals surface area contributed by atoms with Gasteiger partial charge in [-0.15, -0.1) is 0 Å². The molecule has 0 aromatic heterocycles. The molecule has 0 aliphatic heterocycles. The van der Waals surface area contributed by atoms with Crippen molar-refractivity contribution < 1.29 is 14.9 Å². The second-order valence-electron chi connectivity index (χ2n) is 5.24. The van der Waals surface area contributed by atoms with Crippen molar-refractivity contribution in [3.8, 4) is 11.5 Å². The summed E-state index contributed by atoms with van der Waals surface area (Å²) in [4.78, 5) is 0. The van der Waals surface area contributed by atoms with E-state index in [0.717, 1.165) is 30.4 Å². The molecule has 0 fully saturated rings. The molecule has 0 saturated carbocycles. The zero-order chi connectivity index (χ0) is 13.3. The molecule has 2 atom stereocenters. The van der Waals surface area contributed by atoms with Crippen LogP contribution in [0.2, 0.25) is 0 Å². The molecule has 1 aromatic carbocycles. The first-order valence-electron chi connectivity index (χ1n) is 6.62. The molecule has 0 bridgehead atoms. The number of phenols is 1. The highest BCUT2D eigenvalue weighted by Crippen LogP contribution is 2.46. The molecule has 1 aliphatic carbocycles. The van der Waals surface area contributed by atoms with E-state index in [1.807, 2.05) is 6.92 Å². The van der Waals surface area contributed by atoms with Crippen LogP contribution in [-0.2, 0) is 6.42 Å². The van der Waals surface area contributed by atoms with Crippen molar-refractivity contribution in [2.75, 3.05) is 13.7 Å². The van der Waals surface area contributed by atoms with Crippen molar-refractivity contribution >= 4 is 0 Å². The molecule has 3 heteroatoms. The van der Waals surface area contributed by atoms with Gasteiger partial charge in [0.15, 0.2) is 11.5 Å². The minimum atomic E-state index is 0.224. The summed E-state index contributed by atoms with van der Waals surface area (Å²) in [5, 5.41) is 19.8. The van der Waals surface area contributed by atoms with Crippen LogP contribution in [0.4, 0.5) is 0 Å². The number of hydrogen-bond donors (Lipinski definition) is 2. The van der Waals surface area contributed by atoms with E-state index < -0.39 is 0 Å². The molecule has 1 aliphatic rings. The number of hydrogen-bond acceptors (Lipinski definition) is 3. The molecule has 18 heavy (non-hydrogen) atoms. The van der Waals surface area contributed by atoms with Crippen molar-refractivity contribution in [1.82, 2.24) is 0 Å². The number of benzene rings is 1. The standard InChI is InChI=1S/C15H22O3/c1-4-11-6-10(8-16)7-12-5-9(2)15(18-3)14(17)13(11)12/h5,10-11,16-17H,4,6-8H2,1-3H3/t10-,11+/m0/s1. The fourth-order valence-electron chi connectivity index (χ4n) is 3.17. The van der Waals surface area contributed by atoms with E-state index in [2.05, 4.69) is 13.0 Å². The summed E-state index contributed by atoms with van der Waals surface area (Å²) in [5.41, 5.74) is 3.16. The Hall–Kier alpha value is -1.22. The van der Waals surface area contributed by atoms with Gasteiger partial charge in [0.1, 0.15) is 0 Å². The molecule has 0 unspecified atom stereocenters. The van der Waals surface area contributed by atoms with Crippen molar-refractivity contribution in [1.29, 1.82) is 0 Å². The molecular formula is C15H22O3. The number of ether oxygens (including phenoxy) is 1. The van der Waals surface area contributed by atoms with Gasteiger partial charge in [-0.25, -0.2) is 0 Å². The van der Waals surface area contributed by atoms with Crippen LogP contribution >= 0.6 is 0 Å². The Morgan fingerprint density at radius 3 is 2.72 bits per heavy atom. The van der Waals surface area contributed by atoms with Gasteiger partial charge in [0.05, 0.1) is 7.11 Å². The molecule has 0 spiro atoms. The van der Waals surface area contributed by atoms with Crippen LogP contribution < -0.4 is 4.74 Å². The first-order valence-corrected chi connectivity index (χ1v) is 6.62. The Morgan fingerprint density at radius 2 is 2.17 bits per heavy atom. The van der Waals surface area contributed by atoms with Crippen LogP contribution in [0, 0.1) is 12.8 Å². The van der Waals surface area contributed by atoms with Crippen molar-refractivity contribution in [3.63, 3.8) is 0 Å². The number of methoxy groups -OCH3 is 1. The summed E-state index contributed by atoms with van der Waals surface area (Å²) in [6.45, 7) is 4.30. The van der Waals surface area contributed by atoms with E-state index in [1.165, 1.54) is 5.56 Å². The van der Waals surface area contributed by atoms with Gasteiger partial charge >= 0.3 is 0 Å². The van der Waals surface area contributed by atoms with Gasteiger partial charge in [-0.3, -0.25) is 0 Å². The Bertz CT molecular complexity index is 440. The smallest absolute Gasteiger partial charge is 0.163 e. The summed E-state index contributed by atoms with van der Waals surface area (Å²) in [6, 6.07) is 2.10. The number of fused-ring (bicyclic) bond motifs is 1. The minimum Gasteiger partial charge on any atom is -0.504 e. The largest absolute Gasteiger partial charge is 0.504 e. The molecule has 2 N–H and O–H groups in total. The summed E-state index contributed by atoms with van der Waals surface area (Å²) in [6.07, 6.45) is 2.77. The predicted octanol–water partition coefficient (Wildman–Crippen LogP) is 2.76. The number of aromatic hydroxyl groups is 1. The lowest BCUT2D eigenvalue weighted by atomic mass is 9.75. The average Bonchev–Trinajstić information content (AvgIpc) is 2.37. The molecule has 100 valence electrons. The topological polar surface area (TPSA) is 49.7 Å².